The van der Waals surface area contributed by atoms with Gasteiger partial charge in [-0.3, -0.25) is 9.08 Å². The number of ether oxygens (including phenoxy) is 3. The molecule has 0 bridgehead atoms. The lowest BCUT2D eigenvalue weighted by atomic mass is 10.1. The van der Waals surface area contributed by atoms with Crippen molar-refractivity contribution in [2.75, 3.05) is 26.7 Å². The highest BCUT2D eigenvalue weighted by Crippen LogP contribution is 2.21. The van der Waals surface area contributed by atoms with Crippen LogP contribution in [-0.2, 0) is 33.3 Å². The topological polar surface area (TPSA) is 108 Å². The van der Waals surface area contributed by atoms with E-state index in [1.807, 2.05) is 0 Å². The molecule has 0 aromatic rings. The van der Waals surface area contributed by atoms with Gasteiger partial charge in [-0.05, 0) is 26.8 Å². The molecule has 1 rings (SSSR count). The van der Waals surface area contributed by atoms with E-state index in [1.54, 1.807) is 20.8 Å². The maximum atomic E-state index is 12.2. The zero-order valence-electron chi connectivity index (χ0n) is 14.3. The average Bonchev–Trinajstić information content (AvgIpc) is 2.89. The van der Waals surface area contributed by atoms with E-state index in [2.05, 4.69) is 4.74 Å². The van der Waals surface area contributed by atoms with Crippen molar-refractivity contribution in [2.45, 2.75) is 38.5 Å². The number of hydrogen-bond donors (Lipinski definition) is 0. The third-order valence-corrected chi connectivity index (χ3v) is 3.41. The minimum atomic E-state index is -3.84. The Morgan fingerprint density at radius 1 is 1.33 bits per heavy atom. The molecular weight excluding hydrogens is 342 g/mol. The predicted octanol–water partition coefficient (Wildman–Crippen LogP) is 0.654. The fraction of sp³-hybridized carbons (Fsp3) is 0.714. The minimum absolute atomic E-state index is 0.0327. The van der Waals surface area contributed by atoms with E-state index in [0.717, 1.165) is 12.3 Å². The minimum Gasteiger partial charge on any atom is -0.466 e. The van der Waals surface area contributed by atoms with Crippen molar-refractivity contribution in [1.29, 1.82) is 0 Å². The summed E-state index contributed by atoms with van der Waals surface area (Å²) < 4.78 is 42.9. The van der Waals surface area contributed by atoms with Gasteiger partial charge in [-0.2, -0.15) is 8.42 Å². The van der Waals surface area contributed by atoms with Gasteiger partial charge < -0.3 is 14.2 Å². The molecule has 1 fully saturated rings. The van der Waals surface area contributed by atoms with E-state index in [0.29, 0.717) is 0 Å². The Morgan fingerprint density at radius 3 is 2.46 bits per heavy atom. The van der Waals surface area contributed by atoms with Crippen LogP contribution in [0.2, 0.25) is 0 Å². The monoisotopic (exact) mass is 365 g/mol. The molecule has 10 heteroatoms. The summed E-state index contributed by atoms with van der Waals surface area (Å²) in [6.07, 6.45) is 1.33. The average molecular weight is 365 g/mol. The van der Waals surface area contributed by atoms with Gasteiger partial charge in [0.2, 0.25) is 0 Å². The van der Waals surface area contributed by atoms with Crippen molar-refractivity contribution in [3.05, 3.63) is 12.2 Å². The number of carbonyl (C=O) groups is 2. The summed E-state index contributed by atoms with van der Waals surface area (Å²) in [6, 6.07) is -0.768. The summed E-state index contributed by atoms with van der Waals surface area (Å²) in [5.74, 6) is -0.681. The normalized spacial score (nSPS) is 20.2. The largest absolute Gasteiger partial charge is 0.466 e. The van der Waals surface area contributed by atoms with E-state index in [4.69, 9.17) is 13.7 Å². The molecule has 1 aliphatic heterocycles. The van der Waals surface area contributed by atoms with E-state index < -0.39 is 39.9 Å². The molecule has 2 atom stereocenters. The molecule has 1 aliphatic rings. The van der Waals surface area contributed by atoms with E-state index in [1.165, 1.54) is 18.1 Å². The Morgan fingerprint density at radius 2 is 1.96 bits per heavy atom. The lowest BCUT2D eigenvalue weighted by Gasteiger charge is -2.29. The van der Waals surface area contributed by atoms with Gasteiger partial charge in [0.25, 0.3) is 10.1 Å². The lowest BCUT2D eigenvalue weighted by Crippen LogP contribution is -2.47. The zero-order valence-corrected chi connectivity index (χ0v) is 15.2. The second-order valence-corrected chi connectivity index (χ2v) is 7.77. The second-order valence-electron chi connectivity index (χ2n) is 6.16. The first-order valence-corrected chi connectivity index (χ1v) is 8.96. The number of esters is 1. The Hall–Kier alpha value is -1.65. The van der Waals surface area contributed by atoms with Gasteiger partial charge in [-0.15, -0.1) is 0 Å². The fourth-order valence-corrected chi connectivity index (χ4v) is 2.50. The number of amides is 1. The smallest absolute Gasteiger partial charge is 0.412 e. The molecule has 138 valence electrons. The van der Waals surface area contributed by atoms with Gasteiger partial charge in [-0.25, -0.2) is 9.59 Å². The molecular formula is C14H23NO8S. The quantitative estimate of drug-likeness (QED) is 0.397. The molecule has 0 aromatic carbocycles. The van der Waals surface area contributed by atoms with Crippen molar-refractivity contribution in [1.82, 2.24) is 4.90 Å². The summed E-state index contributed by atoms with van der Waals surface area (Å²) >= 11 is 0. The highest BCUT2D eigenvalue weighted by molar-refractivity contribution is 7.86. The maximum absolute atomic E-state index is 12.2. The van der Waals surface area contributed by atoms with Gasteiger partial charge in [0.15, 0.2) is 0 Å². The van der Waals surface area contributed by atoms with Gasteiger partial charge in [0.05, 0.1) is 26.0 Å². The molecule has 0 radical (unpaired) electrons. The molecule has 1 saturated heterocycles. The van der Waals surface area contributed by atoms with Crippen LogP contribution in [0.3, 0.4) is 0 Å². The lowest BCUT2D eigenvalue weighted by molar-refractivity contribution is -0.134. The summed E-state index contributed by atoms with van der Waals surface area (Å²) in [4.78, 5) is 24.7. The molecule has 0 saturated carbocycles. The van der Waals surface area contributed by atoms with Gasteiger partial charge in [-0.1, -0.05) is 0 Å². The molecule has 0 N–H and O–H groups in total. The van der Waals surface area contributed by atoms with E-state index in [-0.39, 0.29) is 13.3 Å². The highest BCUT2D eigenvalue weighted by Gasteiger charge is 2.39. The molecule has 1 heterocycles. The van der Waals surface area contributed by atoms with Crippen molar-refractivity contribution in [3.63, 3.8) is 0 Å². The number of nitrogens with zero attached hydrogens (tertiary/aromatic N) is 1. The molecule has 0 unspecified atom stereocenters. The number of carbonyl (C=O) groups excluding carboxylic acids is 2. The second kappa shape index (κ2) is 7.95. The molecule has 9 nitrogen and oxygen atoms in total. The van der Waals surface area contributed by atoms with Crippen LogP contribution in [0.1, 0.15) is 20.8 Å². The van der Waals surface area contributed by atoms with Crippen LogP contribution < -0.4 is 0 Å². The molecule has 0 aliphatic carbocycles. The predicted molar refractivity (Wildman–Crippen MR) is 83.6 cm³/mol. The van der Waals surface area contributed by atoms with Crippen molar-refractivity contribution < 1.29 is 36.4 Å². The Balaban J connectivity index is 2.99. The third kappa shape index (κ3) is 6.85. The molecule has 0 spiro atoms. The third-order valence-electron chi connectivity index (χ3n) is 2.84. The number of methoxy groups -OCH3 is 1. The first-order valence-electron chi connectivity index (χ1n) is 7.15. The number of hydrogen-bond acceptors (Lipinski definition) is 8. The Labute approximate surface area is 141 Å². The van der Waals surface area contributed by atoms with Crippen LogP contribution in [0.15, 0.2) is 12.2 Å². The van der Waals surface area contributed by atoms with Crippen molar-refractivity contribution in [2.24, 2.45) is 0 Å². The summed E-state index contributed by atoms with van der Waals surface area (Å²) in [5.41, 5.74) is -0.723. The van der Waals surface area contributed by atoms with Crippen LogP contribution >= 0.6 is 0 Å². The fourth-order valence-electron chi connectivity index (χ4n) is 1.91. The van der Waals surface area contributed by atoms with Crippen LogP contribution in [0, 0.1) is 0 Å². The first kappa shape index (κ1) is 20.4. The van der Waals surface area contributed by atoms with Crippen LogP contribution in [-0.4, -0.2) is 69.8 Å². The zero-order chi connectivity index (χ0) is 18.5. The Kier molecular flexibility index (Phi) is 6.76. The summed E-state index contributed by atoms with van der Waals surface area (Å²) in [6.45, 7) is 5.08. The van der Waals surface area contributed by atoms with Gasteiger partial charge >= 0.3 is 12.1 Å². The molecule has 1 amide bonds. The van der Waals surface area contributed by atoms with Crippen LogP contribution in [0.4, 0.5) is 4.79 Å². The summed E-state index contributed by atoms with van der Waals surface area (Å²) in [7, 11) is -2.65. The highest BCUT2D eigenvalue weighted by atomic mass is 32.2. The molecule has 0 aromatic heterocycles. The van der Waals surface area contributed by atoms with Crippen molar-refractivity contribution in [3.8, 4) is 0 Å². The SMILES string of the molecule is COC(=O)/C=C/[C@H](OS(C)(=O)=O)[C@@H]1COCN1C(=O)OC(C)(C)C. The Bertz CT molecular complexity index is 592. The molecule has 24 heavy (non-hydrogen) atoms. The number of rotatable bonds is 5. The van der Waals surface area contributed by atoms with E-state index in [9.17, 15) is 18.0 Å². The van der Waals surface area contributed by atoms with E-state index >= 15 is 0 Å². The standard InChI is InChI=1S/C14H23NO8S/c1-14(2,3)22-13(17)15-9-21-8-10(15)11(23-24(5,18)19)6-7-12(16)20-4/h6-7,10-11H,8-9H2,1-5H3/b7-6+/t10-,11-/m0/s1. The maximum Gasteiger partial charge on any atom is 0.412 e. The van der Waals surface area contributed by atoms with Crippen molar-refractivity contribution >= 4 is 22.2 Å². The first-order chi connectivity index (χ1) is 10.9. The van der Waals surface area contributed by atoms with Gasteiger partial charge in [0, 0.05) is 6.08 Å². The van der Waals surface area contributed by atoms with Crippen LogP contribution in [0.5, 0.6) is 0 Å². The summed E-state index contributed by atoms with van der Waals surface area (Å²) in [5, 5.41) is 0. The van der Waals surface area contributed by atoms with Gasteiger partial charge in [0.1, 0.15) is 18.4 Å². The van der Waals surface area contributed by atoms with Crippen LogP contribution in [0.25, 0.3) is 0 Å².